The Labute approximate surface area is 154 Å². The maximum Gasteiger partial charge on any atom is 0.264 e. The van der Waals surface area contributed by atoms with E-state index in [2.05, 4.69) is 26.6 Å². The lowest BCUT2D eigenvalue weighted by Crippen LogP contribution is -2.50. The van der Waals surface area contributed by atoms with E-state index >= 15 is 0 Å². The molecule has 2 bridgehead atoms. The summed E-state index contributed by atoms with van der Waals surface area (Å²) >= 11 is 4.73. The first-order valence-corrected chi connectivity index (χ1v) is 9.18. The molecule has 2 saturated heterocycles. The lowest BCUT2D eigenvalue weighted by molar-refractivity contribution is -0.122. The number of carbonyl (C=O) groups excluding carboxylic acids is 2. The predicted octanol–water partition coefficient (Wildman–Crippen LogP) is 2.40. The number of fused-ring (bicyclic) bond motifs is 2. The fourth-order valence-electron chi connectivity index (χ4n) is 3.35. The molecule has 2 atom stereocenters. The number of nitrogens with one attached hydrogen (secondary N) is 2. The Morgan fingerprint density at radius 2 is 2.00 bits per heavy atom. The average molecular weight is 423 g/mol. The van der Waals surface area contributed by atoms with Crippen LogP contribution in [-0.4, -0.2) is 48.4 Å². The summed E-state index contributed by atoms with van der Waals surface area (Å²) in [5, 5.41) is 6.64. The Morgan fingerprint density at radius 3 is 2.57 bits per heavy atom. The van der Waals surface area contributed by atoms with E-state index in [1.54, 1.807) is 13.1 Å². The number of carbonyl (C=O) groups is 2. The van der Waals surface area contributed by atoms with Gasteiger partial charge in [0.1, 0.15) is 0 Å². The van der Waals surface area contributed by atoms with Crippen molar-refractivity contribution in [1.29, 1.82) is 0 Å². The Hall–Kier alpha value is -0.630. The fraction of sp³-hybridized carbons (Fsp3) is 0.600. The van der Waals surface area contributed by atoms with Gasteiger partial charge in [-0.3, -0.25) is 9.59 Å². The van der Waals surface area contributed by atoms with Gasteiger partial charge in [0.15, 0.2) is 0 Å². The normalized spacial score (nSPS) is 25.6. The third-order valence-electron chi connectivity index (χ3n) is 4.35. The number of hydrogen-bond donors (Lipinski definition) is 2. The highest BCUT2D eigenvalue weighted by atomic mass is 79.9. The van der Waals surface area contributed by atoms with Crippen LogP contribution in [0.15, 0.2) is 15.9 Å². The van der Waals surface area contributed by atoms with Gasteiger partial charge >= 0.3 is 0 Å². The molecule has 0 aromatic carbocycles. The SMILES string of the molecule is CN(CC(=O)NC1CC2CCC(C1)N2)C(=O)c1ccc(Br)s1.Cl. The van der Waals surface area contributed by atoms with E-state index in [9.17, 15) is 9.59 Å². The summed E-state index contributed by atoms with van der Waals surface area (Å²) < 4.78 is 0.916. The molecule has 0 radical (unpaired) electrons. The molecule has 128 valence electrons. The van der Waals surface area contributed by atoms with Gasteiger partial charge in [-0.2, -0.15) is 0 Å². The van der Waals surface area contributed by atoms with Crippen LogP contribution in [0.3, 0.4) is 0 Å². The zero-order valence-electron chi connectivity index (χ0n) is 12.9. The summed E-state index contributed by atoms with van der Waals surface area (Å²) in [7, 11) is 1.67. The standard InChI is InChI=1S/C15H20BrN3O2S.ClH/c1-19(15(21)12-4-5-13(16)22-12)8-14(20)18-11-6-9-2-3-10(7-11)17-9;/h4-5,9-11,17H,2-3,6-8H2,1H3,(H,18,20);1H. The Balaban J connectivity index is 0.00000192. The molecule has 2 aliphatic rings. The molecule has 0 saturated carbocycles. The molecule has 1 aromatic heterocycles. The van der Waals surface area contributed by atoms with Crippen LogP contribution in [0.25, 0.3) is 0 Å². The highest BCUT2D eigenvalue weighted by Crippen LogP contribution is 2.26. The van der Waals surface area contributed by atoms with Crippen molar-refractivity contribution in [2.24, 2.45) is 0 Å². The molecule has 0 spiro atoms. The molecule has 0 aliphatic carbocycles. The second-order valence-electron chi connectivity index (χ2n) is 6.14. The van der Waals surface area contributed by atoms with E-state index in [0.29, 0.717) is 17.0 Å². The summed E-state index contributed by atoms with van der Waals surface area (Å²) in [6.07, 6.45) is 4.42. The number of likely N-dealkylation sites (N-methyl/N-ethyl adjacent to an activating group) is 1. The van der Waals surface area contributed by atoms with Gasteiger partial charge in [0.05, 0.1) is 15.2 Å². The largest absolute Gasteiger partial charge is 0.352 e. The van der Waals surface area contributed by atoms with E-state index in [1.165, 1.54) is 29.1 Å². The van der Waals surface area contributed by atoms with Gasteiger partial charge in [0.25, 0.3) is 5.91 Å². The molecule has 23 heavy (non-hydrogen) atoms. The fourth-order valence-corrected chi connectivity index (χ4v) is 4.73. The van der Waals surface area contributed by atoms with Gasteiger partial charge in [-0.25, -0.2) is 0 Å². The van der Waals surface area contributed by atoms with Crippen molar-refractivity contribution in [3.63, 3.8) is 0 Å². The second kappa shape index (κ2) is 7.96. The van der Waals surface area contributed by atoms with Crippen LogP contribution in [0, 0.1) is 0 Å². The zero-order valence-corrected chi connectivity index (χ0v) is 16.1. The lowest BCUT2D eigenvalue weighted by Gasteiger charge is -2.30. The maximum absolute atomic E-state index is 12.2. The Morgan fingerprint density at radius 1 is 1.35 bits per heavy atom. The van der Waals surface area contributed by atoms with Crippen LogP contribution in [0.1, 0.15) is 35.4 Å². The monoisotopic (exact) mass is 421 g/mol. The van der Waals surface area contributed by atoms with Crippen LogP contribution in [0.5, 0.6) is 0 Å². The lowest BCUT2D eigenvalue weighted by atomic mass is 10.00. The summed E-state index contributed by atoms with van der Waals surface area (Å²) in [5.74, 6) is -0.186. The molecule has 2 fully saturated rings. The molecular weight excluding hydrogens is 402 g/mol. The number of halogens is 2. The minimum atomic E-state index is -0.115. The molecule has 8 heteroatoms. The molecule has 3 rings (SSSR count). The van der Waals surface area contributed by atoms with Gasteiger partial charge in [0, 0.05) is 25.2 Å². The van der Waals surface area contributed by atoms with Crippen molar-refractivity contribution in [3.05, 3.63) is 20.8 Å². The molecular formula is C15H21BrClN3O2S. The van der Waals surface area contributed by atoms with Crippen LogP contribution in [-0.2, 0) is 4.79 Å². The quantitative estimate of drug-likeness (QED) is 0.783. The smallest absolute Gasteiger partial charge is 0.264 e. The summed E-state index contributed by atoms with van der Waals surface area (Å²) in [4.78, 5) is 26.5. The predicted molar refractivity (Wildman–Crippen MR) is 97.3 cm³/mol. The van der Waals surface area contributed by atoms with Crippen molar-refractivity contribution in [2.75, 3.05) is 13.6 Å². The van der Waals surface area contributed by atoms with Gasteiger partial charge < -0.3 is 15.5 Å². The number of piperidine rings is 1. The summed E-state index contributed by atoms with van der Waals surface area (Å²) in [6, 6.07) is 4.96. The topological polar surface area (TPSA) is 61.4 Å². The van der Waals surface area contributed by atoms with E-state index < -0.39 is 0 Å². The first-order chi connectivity index (χ1) is 10.5. The molecule has 1 aromatic rings. The van der Waals surface area contributed by atoms with Crippen LogP contribution < -0.4 is 10.6 Å². The average Bonchev–Trinajstić information content (AvgIpc) is 3.04. The third kappa shape index (κ3) is 4.68. The summed E-state index contributed by atoms with van der Waals surface area (Å²) in [6.45, 7) is 0.105. The second-order valence-corrected chi connectivity index (χ2v) is 8.60. The molecule has 2 amide bonds. The van der Waals surface area contributed by atoms with E-state index in [0.717, 1.165) is 16.6 Å². The highest BCUT2D eigenvalue weighted by molar-refractivity contribution is 9.11. The highest BCUT2D eigenvalue weighted by Gasteiger charge is 2.34. The molecule has 2 N–H and O–H groups in total. The van der Waals surface area contributed by atoms with Gasteiger partial charge in [-0.15, -0.1) is 23.7 Å². The van der Waals surface area contributed by atoms with E-state index in [1.807, 2.05) is 6.07 Å². The van der Waals surface area contributed by atoms with Crippen molar-refractivity contribution in [2.45, 2.75) is 43.8 Å². The number of nitrogens with zero attached hydrogens (tertiary/aromatic N) is 1. The van der Waals surface area contributed by atoms with Crippen molar-refractivity contribution in [1.82, 2.24) is 15.5 Å². The molecule has 3 heterocycles. The van der Waals surface area contributed by atoms with Gasteiger partial charge in [-0.1, -0.05) is 0 Å². The number of amides is 2. The van der Waals surface area contributed by atoms with Crippen LogP contribution >= 0.6 is 39.7 Å². The van der Waals surface area contributed by atoms with Crippen molar-refractivity contribution >= 4 is 51.5 Å². The Kier molecular flexibility index (Phi) is 6.48. The van der Waals surface area contributed by atoms with Crippen LogP contribution in [0.2, 0.25) is 0 Å². The number of thiophene rings is 1. The third-order valence-corrected chi connectivity index (χ3v) is 5.96. The van der Waals surface area contributed by atoms with E-state index in [4.69, 9.17) is 0 Å². The van der Waals surface area contributed by atoms with E-state index in [-0.39, 0.29) is 36.8 Å². The minimum Gasteiger partial charge on any atom is -0.352 e. The minimum absolute atomic E-state index is 0. The van der Waals surface area contributed by atoms with Gasteiger partial charge in [0.2, 0.25) is 5.91 Å². The first-order valence-electron chi connectivity index (χ1n) is 7.57. The van der Waals surface area contributed by atoms with Gasteiger partial charge in [-0.05, 0) is 53.7 Å². The number of rotatable bonds is 4. The van der Waals surface area contributed by atoms with Crippen LogP contribution in [0.4, 0.5) is 0 Å². The van der Waals surface area contributed by atoms with Crippen molar-refractivity contribution < 1.29 is 9.59 Å². The molecule has 2 unspecified atom stereocenters. The number of hydrogen-bond acceptors (Lipinski definition) is 4. The zero-order chi connectivity index (χ0) is 15.7. The first kappa shape index (κ1) is 18.7. The summed E-state index contributed by atoms with van der Waals surface area (Å²) in [5.41, 5.74) is 0. The Bertz CT molecular complexity index is 571. The maximum atomic E-state index is 12.2. The molecule has 5 nitrogen and oxygen atoms in total. The molecule has 2 aliphatic heterocycles. The van der Waals surface area contributed by atoms with Crippen molar-refractivity contribution in [3.8, 4) is 0 Å².